The minimum absolute atomic E-state index is 0.144. The zero-order valence-corrected chi connectivity index (χ0v) is 10.4. The van der Waals surface area contributed by atoms with Crippen LogP contribution in [0.1, 0.15) is 24.8 Å². The summed E-state index contributed by atoms with van der Waals surface area (Å²) >= 11 is 4.77. The molecule has 2 N–H and O–H groups in total. The molecule has 1 aromatic heterocycles. The van der Waals surface area contributed by atoms with Crippen LogP contribution in [0.2, 0.25) is 0 Å². The third-order valence-electron chi connectivity index (χ3n) is 1.65. The lowest BCUT2D eigenvalue weighted by Gasteiger charge is -2.16. The highest BCUT2D eigenvalue weighted by Crippen LogP contribution is 2.29. The first-order valence-corrected chi connectivity index (χ1v) is 5.91. The summed E-state index contributed by atoms with van der Waals surface area (Å²) in [6.45, 7) is 3.86. The van der Waals surface area contributed by atoms with E-state index in [0.29, 0.717) is 0 Å². The van der Waals surface area contributed by atoms with Gasteiger partial charge in [-0.2, -0.15) is 0 Å². The molecule has 0 radical (unpaired) electrons. The van der Waals surface area contributed by atoms with Crippen LogP contribution < -0.4 is 5.32 Å². The Bertz CT molecular complexity index is 324. The molecule has 3 nitrogen and oxygen atoms in total. The Morgan fingerprint density at radius 3 is 2.64 bits per heavy atom. The number of thiophene rings is 1. The summed E-state index contributed by atoms with van der Waals surface area (Å²) in [4.78, 5) is 11.8. The zero-order chi connectivity index (χ0) is 10.7. The number of hydrogen-bond acceptors (Lipinski definition) is 3. The second-order valence-corrected chi connectivity index (χ2v) is 5.03. The lowest BCUT2D eigenvalue weighted by atomic mass is 10.2. The molecule has 0 aliphatic carbocycles. The van der Waals surface area contributed by atoms with Crippen molar-refractivity contribution in [3.63, 3.8) is 0 Å². The summed E-state index contributed by atoms with van der Waals surface area (Å²) in [5, 5.41) is 13.9. The maximum Gasteiger partial charge on any atom is 0.326 e. The number of aliphatic carboxylic acids is 1. The highest BCUT2D eigenvalue weighted by molar-refractivity contribution is 9.10. The van der Waals surface area contributed by atoms with Gasteiger partial charge < -0.3 is 5.11 Å². The minimum atomic E-state index is -0.846. The molecule has 5 heteroatoms. The van der Waals surface area contributed by atoms with Crippen LogP contribution in [0, 0.1) is 0 Å². The molecule has 0 bridgehead atoms. The number of rotatable bonds is 4. The Morgan fingerprint density at radius 2 is 2.29 bits per heavy atom. The van der Waals surface area contributed by atoms with Crippen LogP contribution >= 0.6 is 27.3 Å². The van der Waals surface area contributed by atoms with Crippen LogP contribution in [0.5, 0.6) is 0 Å². The Morgan fingerprint density at radius 1 is 1.64 bits per heavy atom. The van der Waals surface area contributed by atoms with Gasteiger partial charge in [-0.05, 0) is 41.2 Å². The summed E-state index contributed by atoms with van der Waals surface area (Å²) in [5.74, 6) is -0.846. The smallest absolute Gasteiger partial charge is 0.326 e. The summed E-state index contributed by atoms with van der Waals surface area (Å²) < 4.78 is 0.850. The maximum absolute atomic E-state index is 11.0. The molecule has 0 amide bonds. The van der Waals surface area contributed by atoms with Crippen LogP contribution in [0.15, 0.2) is 15.9 Å². The van der Waals surface area contributed by atoms with E-state index >= 15 is 0 Å². The van der Waals surface area contributed by atoms with Crippen LogP contribution in [0.25, 0.3) is 0 Å². The molecule has 14 heavy (non-hydrogen) atoms. The van der Waals surface area contributed by atoms with Gasteiger partial charge in [0.1, 0.15) is 6.04 Å². The van der Waals surface area contributed by atoms with E-state index in [4.69, 9.17) is 5.11 Å². The monoisotopic (exact) mass is 277 g/mol. The SMILES string of the molecule is CC(C)NC(C(=O)O)c1sccc1Br. The fourth-order valence-corrected chi connectivity index (χ4v) is 2.76. The molecular formula is C9H12BrNO2S. The number of carboxylic acid groups (broad SMARTS) is 1. The largest absolute Gasteiger partial charge is 0.480 e. The predicted molar refractivity (Wildman–Crippen MR) is 60.7 cm³/mol. The Kier molecular flexibility index (Phi) is 4.10. The van der Waals surface area contributed by atoms with Gasteiger partial charge in [-0.25, -0.2) is 0 Å². The van der Waals surface area contributed by atoms with Crippen molar-refractivity contribution in [2.75, 3.05) is 0 Å². The third kappa shape index (κ3) is 2.80. The Labute approximate surface area is 95.3 Å². The molecule has 0 aliphatic rings. The fourth-order valence-electron chi connectivity index (χ4n) is 1.10. The zero-order valence-electron chi connectivity index (χ0n) is 7.95. The van der Waals surface area contributed by atoms with Gasteiger partial charge in [0.25, 0.3) is 0 Å². The molecule has 1 atom stereocenters. The van der Waals surface area contributed by atoms with Crippen molar-refractivity contribution in [3.8, 4) is 0 Å². The second-order valence-electron chi connectivity index (χ2n) is 3.23. The van der Waals surface area contributed by atoms with Crippen LogP contribution in [0.3, 0.4) is 0 Å². The topological polar surface area (TPSA) is 49.3 Å². The summed E-state index contributed by atoms with van der Waals surface area (Å²) in [5.41, 5.74) is 0. The van der Waals surface area contributed by atoms with E-state index < -0.39 is 12.0 Å². The molecule has 0 aliphatic heterocycles. The van der Waals surface area contributed by atoms with Gasteiger partial charge in [0.2, 0.25) is 0 Å². The first-order chi connectivity index (χ1) is 6.52. The number of halogens is 1. The molecule has 0 fully saturated rings. The van der Waals surface area contributed by atoms with E-state index in [2.05, 4.69) is 21.2 Å². The molecule has 0 saturated carbocycles. The maximum atomic E-state index is 11.0. The van der Waals surface area contributed by atoms with E-state index in [1.807, 2.05) is 25.3 Å². The number of carboxylic acids is 1. The highest BCUT2D eigenvalue weighted by Gasteiger charge is 2.23. The molecule has 0 saturated heterocycles. The van der Waals surface area contributed by atoms with Gasteiger partial charge in [0, 0.05) is 15.4 Å². The Balaban J connectivity index is 2.89. The third-order valence-corrected chi connectivity index (χ3v) is 3.59. The molecule has 1 aromatic rings. The van der Waals surface area contributed by atoms with Crippen LogP contribution in [-0.2, 0) is 4.79 Å². The van der Waals surface area contributed by atoms with Crippen molar-refractivity contribution in [2.45, 2.75) is 25.9 Å². The lowest BCUT2D eigenvalue weighted by molar-refractivity contribution is -0.139. The van der Waals surface area contributed by atoms with Crippen molar-refractivity contribution >= 4 is 33.2 Å². The van der Waals surface area contributed by atoms with Gasteiger partial charge in [0.15, 0.2) is 0 Å². The summed E-state index contributed by atoms with van der Waals surface area (Å²) in [7, 11) is 0. The Hall–Kier alpha value is -0.390. The number of carbonyl (C=O) groups is 1. The van der Waals surface area contributed by atoms with Crippen LogP contribution in [-0.4, -0.2) is 17.1 Å². The van der Waals surface area contributed by atoms with E-state index in [-0.39, 0.29) is 6.04 Å². The first-order valence-electron chi connectivity index (χ1n) is 4.24. The first kappa shape index (κ1) is 11.7. The normalized spacial score (nSPS) is 13.1. The van der Waals surface area contributed by atoms with Gasteiger partial charge in [-0.3, -0.25) is 10.1 Å². The van der Waals surface area contributed by atoms with E-state index in [9.17, 15) is 4.79 Å². The van der Waals surface area contributed by atoms with Crippen molar-refractivity contribution in [1.82, 2.24) is 5.32 Å². The molecule has 0 aromatic carbocycles. The molecule has 1 heterocycles. The number of nitrogens with one attached hydrogen (secondary N) is 1. The molecule has 78 valence electrons. The van der Waals surface area contributed by atoms with Gasteiger partial charge in [0.05, 0.1) is 0 Å². The summed E-state index contributed by atoms with van der Waals surface area (Å²) in [6.07, 6.45) is 0. The fraction of sp³-hybridized carbons (Fsp3) is 0.444. The average molecular weight is 278 g/mol. The highest BCUT2D eigenvalue weighted by atomic mass is 79.9. The van der Waals surface area contributed by atoms with E-state index in [1.54, 1.807) is 0 Å². The summed E-state index contributed by atoms with van der Waals surface area (Å²) in [6, 6.07) is 1.38. The van der Waals surface area contributed by atoms with Crippen molar-refractivity contribution in [3.05, 3.63) is 20.8 Å². The molecule has 0 spiro atoms. The van der Waals surface area contributed by atoms with E-state index in [0.717, 1.165) is 9.35 Å². The average Bonchev–Trinajstić information content (AvgIpc) is 2.46. The predicted octanol–water partition coefficient (Wildman–Crippen LogP) is 2.63. The van der Waals surface area contributed by atoms with E-state index in [1.165, 1.54) is 11.3 Å². The van der Waals surface area contributed by atoms with Gasteiger partial charge >= 0.3 is 5.97 Å². The lowest BCUT2D eigenvalue weighted by Crippen LogP contribution is -2.33. The van der Waals surface area contributed by atoms with Gasteiger partial charge in [-0.15, -0.1) is 11.3 Å². The molecular weight excluding hydrogens is 266 g/mol. The quantitative estimate of drug-likeness (QED) is 0.890. The van der Waals surface area contributed by atoms with Crippen molar-refractivity contribution in [2.24, 2.45) is 0 Å². The molecule has 1 rings (SSSR count). The standard InChI is InChI=1S/C9H12BrNO2S/c1-5(2)11-7(9(12)13)8-6(10)3-4-14-8/h3-5,7,11H,1-2H3,(H,12,13). The van der Waals surface area contributed by atoms with Crippen LogP contribution in [0.4, 0.5) is 0 Å². The van der Waals surface area contributed by atoms with Gasteiger partial charge in [-0.1, -0.05) is 0 Å². The number of hydrogen-bond donors (Lipinski definition) is 2. The minimum Gasteiger partial charge on any atom is -0.480 e. The van der Waals surface area contributed by atoms with Crippen molar-refractivity contribution < 1.29 is 9.90 Å². The van der Waals surface area contributed by atoms with Crippen molar-refractivity contribution in [1.29, 1.82) is 0 Å². The molecule has 1 unspecified atom stereocenters. The second kappa shape index (κ2) is 4.91.